The van der Waals surface area contributed by atoms with Gasteiger partial charge in [-0.25, -0.2) is 0 Å². The van der Waals surface area contributed by atoms with Crippen LogP contribution in [-0.4, -0.2) is 48.1 Å². The van der Waals surface area contributed by atoms with E-state index >= 15 is 0 Å². The van der Waals surface area contributed by atoms with E-state index in [1.807, 2.05) is 0 Å². The minimum absolute atomic E-state index is 0.742. The van der Waals surface area contributed by atoms with E-state index in [1.165, 1.54) is 50.4 Å². The van der Waals surface area contributed by atoms with Crippen molar-refractivity contribution in [1.29, 1.82) is 0 Å². The van der Waals surface area contributed by atoms with Crippen LogP contribution in [0.4, 0.5) is 0 Å². The number of rotatable bonds is 6. The molecule has 1 atom stereocenters. The molecule has 16 heavy (non-hydrogen) atoms. The van der Waals surface area contributed by atoms with Crippen LogP contribution in [0.5, 0.6) is 0 Å². The summed E-state index contributed by atoms with van der Waals surface area (Å²) in [7, 11) is 0. The molecule has 94 valence electrons. The predicted molar refractivity (Wildman–Crippen MR) is 73.2 cm³/mol. The van der Waals surface area contributed by atoms with Crippen LogP contribution in [0.15, 0.2) is 0 Å². The summed E-state index contributed by atoms with van der Waals surface area (Å²) in [5.41, 5.74) is 0. The normalized spacial score (nSPS) is 26.6. The van der Waals surface area contributed by atoms with Gasteiger partial charge in [-0.15, -0.1) is 0 Å². The lowest BCUT2D eigenvalue weighted by Crippen LogP contribution is -2.47. The zero-order chi connectivity index (χ0) is 11.4. The Labute approximate surface area is 105 Å². The van der Waals surface area contributed by atoms with Gasteiger partial charge in [0.05, 0.1) is 0 Å². The van der Waals surface area contributed by atoms with Gasteiger partial charge < -0.3 is 5.32 Å². The van der Waals surface area contributed by atoms with Crippen molar-refractivity contribution in [3.05, 3.63) is 0 Å². The van der Waals surface area contributed by atoms with Gasteiger partial charge in [-0.05, 0) is 31.7 Å². The van der Waals surface area contributed by atoms with Gasteiger partial charge >= 0.3 is 0 Å². The van der Waals surface area contributed by atoms with Gasteiger partial charge in [0.25, 0.3) is 0 Å². The fraction of sp³-hybridized carbons (Fsp3) is 1.00. The molecule has 0 aromatic carbocycles. The number of hydrogen-bond donors (Lipinski definition) is 1. The van der Waals surface area contributed by atoms with E-state index in [1.54, 1.807) is 0 Å². The van der Waals surface area contributed by atoms with Crippen molar-refractivity contribution in [2.24, 2.45) is 5.92 Å². The molecule has 0 bridgehead atoms. The molecule has 0 aromatic heterocycles. The van der Waals surface area contributed by atoms with E-state index in [-0.39, 0.29) is 0 Å². The van der Waals surface area contributed by atoms with Crippen LogP contribution in [-0.2, 0) is 0 Å². The number of nitrogens with one attached hydrogen (secondary N) is 1. The molecule has 0 aromatic rings. The molecule has 2 nitrogen and oxygen atoms in total. The first-order valence-corrected chi connectivity index (χ1v) is 7.96. The lowest BCUT2D eigenvalue weighted by Gasteiger charge is -2.30. The largest absolute Gasteiger partial charge is 0.311 e. The Hall–Kier alpha value is 0.270. The first kappa shape index (κ1) is 12.7. The van der Waals surface area contributed by atoms with E-state index in [4.69, 9.17) is 0 Å². The third-order valence-electron chi connectivity index (χ3n) is 3.51. The smallest absolute Gasteiger partial charge is 0.0286 e. The standard InChI is InChI=1S/C13H26N2S/c1-11(2)5-7-15(13-3-4-13)9-12-10-16-8-6-14-12/h11-14H,3-10H2,1-2H3. The van der Waals surface area contributed by atoms with Crippen LogP contribution in [0.25, 0.3) is 0 Å². The fourth-order valence-electron chi connectivity index (χ4n) is 2.31. The highest BCUT2D eigenvalue weighted by Crippen LogP contribution is 2.28. The molecule has 2 fully saturated rings. The zero-order valence-corrected chi connectivity index (χ0v) is 11.6. The maximum absolute atomic E-state index is 3.66. The quantitative estimate of drug-likeness (QED) is 0.769. The second kappa shape index (κ2) is 6.27. The Kier molecular flexibility index (Phi) is 4.98. The second-order valence-corrected chi connectivity index (χ2v) is 6.78. The van der Waals surface area contributed by atoms with E-state index < -0.39 is 0 Å². The summed E-state index contributed by atoms with van der Waals surface area (Å²) in [6.45, 7) is 8.47. The van der Waals surface area contributed by atoms with Crippen molar-refractivity contribution >= 4 is 11.8 Å². The van der Waals surface area contributed by atoms with Crippen LogP contribution >= 0.6 is 11.8 Å². The van der Waals surface area contributed by atoms with Crippen LogP contribution in [0.1, 0.15) is 33.1 Å². The van der Waals surface area contributed by atoms with E-state index in [0.29, 0.717) is 0 Å². The SMILES string of the molecule is CC(C)CCN(CC1CSCCN1)C1CC1. The first-order chi connectivity index (χ1) is 7.75. The molecule has 0 amide bonds. The van der Waals surface area contributed by atoms with Gasteiger partial charge in [0.15, 0.2) is 0 Å². The maximum Gasteiger partial charge on any atom is 0.0286 e. The summed E-state index contributed by atoms with van der Waals surface area (Å²) < 4.78 is 0. The van der Waals surface area contributed by atoms with Gasteiger partial charge in [0.2, 0.25) is 0 Å². The third kappa shape index (κ3) is 4.27. The highest BCUT2D eigenvalue weighted by atomic mass is 32.2. The highest BCUT2D eigenvalue weighted by molar-refractivity contribution is 7.99. The highest BCUT2D eigenvalue weighted by Gasteiger charge is 2.30. The second-order valence-electron chi connectivity index (χ2n) is 5.63. The van der Waals surface area contributed by atoms with Crippen LogP contribution in [0.3, 0.4) is 0 Å². The van der Waals surface area contributed by atoms with Gasteiger partial charge in [-0.2, -0.15) is 11.8 Å². The van der Waals surface area contributed by atoms with Crippen molar-refractivity contribution in [3.63, 3.8) is 0 Å². The molecule has 0 spiro atoms. The lowest BCUT2D eigenvalue weighted by atomic mass is 10.1. The molecule has 1 saturated carbocycles. The topological polar surface area (TPSA) is 15.3 Å². The van der Waals surface area contributed by atoms with E-state index in [0.717, 1.165) is 18.0 Å². The Bertz CT molecular complexity index is 198. The monoisotopic (exact) mass is 242 g/mol. The van der Waals surface area contributed by atoms with E-state index in [2.05, 4.69) is 35.8 Å². The molecule has 3 heteroatoms. The average molecular weight is 242 g/mol. The minimum Gasteiger partial charge on any atom is -0.311 e. The maximum atomic E-state index is 3.66. The van der Waals surface area contributed by atoms with Crippen molar-refractivity contribution in [1.82, 2.24) is 10.2 Å². The predicted octanol–water partition coefficient (Wildman–Crippen LogP) is 2.20. The molecule has 1 heterocycles. The number of nitrogens with zero attached hydrogens (tertiary/aromatic N) is 1. The molecule has 1 aliphatic heterocycles. The lowest BCUT2D eigenvalue weighted by molar-refractivity contribution is 0.226. The van der Waals surface area contributed by atoms with E-state index in [9.17, 15) is 0 Å². The molecular formula is C13H26N2S. The van der Waals surface area contributed by atoms with Crippen molar-refractivity contribution < 1.29 is 0 Å². The molecule has 2 rings (SSSR count). The molecule has 1 saturated heterocycles. The van der Waals surface area contributed by atoms with Crippen molar-refractivity contribution in [3.8, 4) is 0 Å². The van der Waals surface area contributed by atoms with Gasteiger partial charge in [0.1, 0.15) is 0 Å². The van der Waals surface area contributed by atoms with Gasteiger partial charge in [-0.1, -0.05) is 13.8 Å². The Balaban J connectivity index is 1.73. The summed E-state index contributed by atoms with van der Waals surface area (Å²) in [6, 6.07) is 1.67. The molecule has 0 radical (unpaired) electrons. The summed E-state index contributed by atoms with van der Waals surface area (Å²) in [6.07, 6.45) is 4.24. The fourth-order valence-corrected chi connectivity index (χ4v) is 3.24. The summed E-state index contributed by atoms with van der Waals surface area (Å²) in [5.74, 6) is 3.45. The molecular weight excluding hydrogens is 216 g/mol. The summed E-state index contributed by atoms with van der Waals surface area (Å²) in [4.78, 5) is 2.74. The molecule has 1 unspecified atom stereocenters. The average Bonchev–Trinajstić information content (AvgIpc) is 3.09. The molecule has 1 N–H and O–H groups in total. The Morgan fingerprint density at radius 1 is 1.38 bits per heavy atom. The zero-order valence-electron chi connectivity index (χ0n) is 10.7. The van der Waals surface area contributed by atoms with Crippen LogP contribution in [0.2, 0.25) is 0 Å². The first-order valence-electron chi connectivity index (χ1n) is 6.81. The number of hydrogen-bond acceptors (Lipinski definition) is 3. The molecule has 2 aliphatic rings. The Morgan fingerprint density at radius 3 is 2.75 bits per heavy atom. The molecule has 1 aliphatic carbocycles. The third-order valence-corrected chi connectivity index (χ3v) is 4.64. The van der Waals surface area contributed by atoms with Gasteiger partial charge in [0, 0.05) is 36.7 Å². The van der Waals surface area contributed by atoms with Crippen molar-refractivity contribution in [2.45, 2.75) is 45.2 Å². The van der Waals surface area contributed by atoms with Gasteiger partial charge in [-0.3, -0.25) is 4.90 Å². The summed E-state index contributed by atoms with van der Waals surface area (Å²) >= 11 is 2.11. The number of thioether (sulfide) groups is 1. The Morgan fingerprint density at radius 2 is 2.19 bits per heavy atom. The summed E-state index contributed by atoms with van der Waals surface area (Å²) in [5, 5.41) is 3.66. The van der Waals surface area contributed by atoms with Crippen molar-refractivity contribution in [2.75, 3.05) is 31.1 Å². The van der Waals surface area contributed by atoms with Crippen LogP contribution in [0, 0.1) is 5.92 Å². The minimum atomic E-state index is 0.742. The van der Waals surface area contributed by atoms with Crippen LogP contribution < -0.4 is 5.32 Å².